The number of hydrogen-bond donors (Lipinski definition) is 2. The Morgan fingerprint density at radius 2 is 2.64 bits per heavy atom. The highest BCUT2D eigenvalue weighted by Crippen LogP contribution is 2.22. The standard InChI is InChI=1S/C8H10ClN3OS/c9-6-4-11-8(14-6)12-7(13)5-2-1-3-10-5/h4-5,10H,1-3H2,(H,11,12,13)/t5-/m1/s1. The van der Waals surface area contributed by atoms with Crippen LogP contribution in [0.15, 0.2) is 6.20 Å². The zero-order valence-corrected chi connectivity index (χ0v) is 8.99. The molecule has 1 aromatic heterocycles. The highest BCUT2D eigenvalue weighted by Gasteiger charge is 2.22. The van der Waals surface area contributed by atoms with Crippen molar-refractivity contribution in [3.63, 3.8) is 0 Å². The molecule has 6 heteroatoms. The number of halogens is 1. The van der Waals surface area contributed by atoms with E-state index in [9.17, 15) is 4.79 Å². The zero-order valence-electron chi connectivity index (χ0n) is 7.42. The molecule has 1 saturated heterocycles. The third-order valence-corrected chi connectivity index (χ3v) is 3.11. The van der Waals surface area contributed by atoms with Crippen LogP contribution in [0.2, 0.25) is 4.34 Å². The molecule has 0 bridgehead atoms. The molecule has 1 aromatic rings. The van der Waals surface area contributed by atoms with Crippen molar-refractivity contribution in [3.05, 3.63) is 10.5 Å². The monoisotopic (exact) mass is 231 g/mol. The van der Waals surface area contributed by atoms with Gasteiger partial charge in [0.15, 0.2) is 5.13 Å². The molecule has 0 aliphatic carbocycles. The van der Waals surface area contributed by atoms with Crippen LogP contribution in [-0.2, 0) is 4.79 Å². The SMILES string of the molecule is O=C(Nc1ncc(Cl)s1)[C@H]1CCCN1. The predicted molar refractivity (Wildman–Crippen MR) is 56.8 cm³/mol. The van der Waals surface area contributed by atoms with E-state index in [1.807, 2.05) is 0 Å². The van der Waals surface area contributed by atoms with Crippen LogP contribution in [0.5, 0.6) is 0 Å². The molecule has 0 radical (unpaired) electrons. The maximum absolute atomic E-state index is 11.6. The van der Waals surface area contributed by atoms with E-state index in [-0.39, 0.29) is 11.9 Å². The van der Waals surface area contributed by atoms with Gasteiger partial charge in [-0.05, 0) is 19.4 Å². The van der Waals surface area contributed by atoms with Crippen LogP contribution in [0, 0.1) is 0 Å². The smallest absolute Gasteiger partial charge is 0.243 e. The van der Waals surface area contributed by atoms with Gasteiger partial charge in [-0.1, -0.05) is 22.9 Å². The third-order valence-electron chi connectivity index (χ3n) is 2.08. The van der Waals surface area contributed by atoms with Gasteiger partial charge in [0.25, 0.3) is 0 Å². The summed E-state index contributed by atoms with van der Waals surface area (Å²) in [6.45, 7) is 0.913. The van der Waals surface area contributed by atoms with Crippen molar-refractivity contribution in [3.8, 4) is 0 Å². The van der Waals surface area contributed by atoms with Gasteiger partial charge in [0.1, 0.15) is 4.34 Å². The van der Waals surface area contributed by atoms with Crippen LogP contribution >= 0.6 is 22.9 Å². The lowest BCUT2D eigenvalue weighted by Crippen LogP contribution is -2.35. The van der Waals surface area contributed by atoms with E-state index < -0.39 is 0 Å². The summed E-state index contributed by atoms with van der Waals surface area (Å²) in [6, 6.07) is -0.0716. The predicted octanol–water partition coefficient (Wildman–Crippen LogP) is 1.49. The van der Waals surface area contributed by atoms with E-state index >= 15 is 0 Å². The number of nitrogens with zero attached hydrogens (tertiary/aromatic N) is 1. The second kappa shape index (κ2) is 4.25. The Bertz CT molecular complexity index is 335. The Balaban J connectivity index is 1.93. The van der Waals surface area contributed by atoms with Gasteiger partial charge in [-0.3, -0.25) is 4.79 Å². The number of rotatable bonds is 2. The summed E-state index contributed by atoms with van der Waals surface area (Å²) in [5.74, 6) is -0.0199. The summed E-state index contributed by atoms with van der Waals surface area (Å²) in [5.41, 5.74) is 0. The van der Waals surface area contributed by atoms with Gasteiger partial charge < -0.3 is 10.6 Å². The molecule has 0 aromatic carbocycles. The van der Waals surface area contributed by atoms with Crippen LogP contribution in [0.25, 0.3) is 0 Å². The first-order valence-electron chi connectivity index (χ1n) is 4.41. The highest BCUT2D eigenvalue weighted by molar-refractivity contribution is 7.19. The lowest BCUT2D eigenvalue weighted by atomic mass is 10.2. The number of thiazole rings is 1. The second-order valence-electron chi connectivity index (χ2n) is 3.11. The summed E-state index contributed by atoms with van der Waals surface area (Å²) in [7, 11) is 0. The summed E-state index contributed by atoms with van der Waals surface area (Å²) < 4.78 is 0.583. The summed E-state index contributed by atoms with van der Waals surface area (Å²) in [5, 5.41) is 6.41. The largest absolute Gasteiger partial charge is 0.306 e. The molecule has 0 saturated carbocycles. The maximum atomic E-state index is 11.6. The fourth-order valence-electron chi connectivity index (χ4n) is 1.41. The molecule has 76 valence electrons. The number of hydrogen-bond acceptors (Lipinski definition) is 4. The van der Waals surface area contributed by atoms with Crippen molar-refractivity contribution >= 4 is 34.0 Å². The minimum atomic E-state index is -0.0716. The average Bonchev–Trinajstić information content (AvgIpc) is 2.75. The molecule has 1 amide bonds. The molecule has 4 nitrogen and oxygen atoms in total. The molecule has 1 atom stereocenters. The van der Waals surface area contributed by atoms with Crippen LogP contribution in [0.3, 0.4) is 0 Å². The topological polar surface area (TPSA) is 54.0 Å². The first-order valence-corrected chi connectivity index (χ1v) is 5.61. The normalized spacial score (nSPS) is 21.1. The van der Waals surface area contributed by atoms with E-state index in [2.05, 4.69) is 15.6 Å². The van der Waals surface area contributed by atoms with Crippen molar-refractivity contribution in [2.24, 2.45) is 0 Å². The van der Waals surface area contributed by atoms with Crippen molar-refractivity contribution in [1.29, 1.82) is 0 Å². The number of nitrogens with one attached hydrogen (secondary N) is 2. The molecule has 2 N–H and O–H groups in total. The van der Waals surface area contributed by atoms with Gasteiger partial charge in [0.2, 0.25) is 5.91 Å². The number of carbonyl (C=O) groups is 1. The Kier molecular flexibility index (Phi) is 3.00. The van der Waals surface area contributed by atoms with Crippen molar-refractivity contribution in [1.82, 2.24) is 10.3 Å². The molecule has 1 aliphatic heterocycles. The molecule has 0 spiro atoms. The third kappa shape index (κ3) is 2.23. The average molecular weight is 232 g/mol. The number of carbonyl (C=O) groups excluding carboxylic acids is 1. The van der Waals surface area contributed by atoms with Gasteiger partial charge in [-0.2, -0.15) is 0 Å². The molecular weight excluding hydrogens is 222 g/mol. The highest BCUT2D eigenvalue weighted by atomic mass is 35.5. The van der Waals surface area contributed by atoms with Crippen LogP contribution in [0.4, 0.5) is 5.13 Å². The van der Waals surface area contributed by atoms with Crippen molar-refractivity contribution < 1.29 is 4.79 Å². The van der Waals surface area contributed by atoms with Crippen LogP contribution < -0.4 is 10.6 Å². The molecule has 14 heavy (non-hydrogen) atoms. The van der Waals surface area contributed by atoms with Gasteiger partial charge in [-0.25, -0.2) is 4.98 Å². The van der Waals surface area contributed by atoms with Gasteiger partial charge in [-0.15, -0.1) is 0 Å². The molecule has 1 aliphatic rings. The van der Waals surface area contributed by atoms with Crippen LogP contribution in [0.1, 0.15) is 12.8 Å². The first kappa shape index (κ1) is 9.89. The van der Waals surface area contributed by atoms with E-state index in [0.717, 1.165) is 19.4 Å². The minimum absolute atomic E-state index is 0.0199. The number of aromatic nitrogens is 1. The lowest BCUT2D eigenvalue weighted by Gasteiger charge is -2.08. The lowest BCUT2D eigenvalue weighted by molar-refractivity contribution is -0.117. The molecule has 2 rings (SSSR count). The minimum Gasteiger partial charge on any atom is -0.306 e. The van der Waals surface area contributed by atoms with E-state index in [4.69, 9.17) is 11.6 Å². The Labute approximate surface area is 90.7 Å². The maximum Gasteiger partial charge on any atom is 0.243 e. The fourth-order valence-corrected chi connectivity index (χ4v) is 2.23. The van der Waals surface area contributed by atoms with E-state index in [1.165, 1.54) is 17.5 Å². The number of amides is 1. The summed E-state index contributed by atoms with van der Waals surface area (Å²) in [4.78, 5) is 15.5. The summed E-state index contributed by atoms with van der Waals surface area (Å²) in [6.07, 6.45) is 3.48. The Hall–Kier alpha value is -0.650. The van der Waals surface area contributed by atoms with Crippen molar-refractivity contribution in [2.75, 3.05) is 11.9 Å². The molecule has 2 heterocycles. The second-order valence-corrected chi connectivity index (χ2v) is 4.77. The molecule has 1 fully saturated rings. The van der Waals surface area contributed by atoms with Crippen LogP contribution in [-0.4, -0.2) is 23.5 Å². The Morgan fingerprint density at radius 3 is 3.21 bits per heavy atom. The van der Waals surface area contributed by atoms with Gasteiger partial charge >= 0.3 is 0 Å². The molecule has 0 unspecified atom stereocenters. The number of anilines is 1. The first-order chi connectivity index (χ1) is 6.75. The van der Waals surface area contributed by atoms with E-state index in [1.54, 1.807) is 0 Å². The van der Waals surface area contributed by atoms with E-state index in [0.29, 0.717) is 9.47 Å². The molecular formula is C8H10ClN3OS. The van der Waals surface area contributed by atoms with Gasteiger partial charge in [0.05, 0.1) is 12.2 Å². The van der Waals surface area contributed by atoms with Gasteiger partial charge in [0, 0.05) is 0 Å². The summed E-state index contributed by atoms with van der Waals surface area (Å²) >= 11 is 6.96. The Morgan fingerprint density at radius 1 is 1.79 bits per heavy atom. The van der Waals surface area contributed by atoms with Crippen molar-refractivity contribution in [2.45, 2.75) is 18.9 Å². The fraction of sp³-hybridized carbons (Fsp3) is 0.500. The quantitative estimate of drug-likeness (QED) is 0.811. The zero-order chi connectivity index (χ0) is 9.97.